The van der Waals surface area contributed by atoms with Crippen LogP contribution in [0.3, 0.4) is 0 Å². The van der Waals surface area contributed by atoms with E-state index in [1.165, 1.54) is 6.07 Å². The van der Waals surface area contributed by atoms with Crippen molar-refractivity contribution in [1.82, 2.24) is 15.3 Å². The maximum absolute atomic E-state index is 11.9. The molecule has 0 fully saturated rings. The molecule has 0 aliphatic carbocycles. The molecule has 2 heterocycles. The molecular weight excluding hydrogens is 282 g/mol. The van der Waals surface area contributed by atoms with Crippen molar-refractivity contribution >= 4 is 29.3 Å². The van der Waals surface area contributed by atoms with Crippen molar-refractivity contribution in [2.24, 2.45) is 0 Å². The minimum atomic E-state index is -0.504. The van der Waals surface area contributed by atoms with Gasteiger partial charge in [0.25, 0.3) is 0 Å². The van der Waals surface area contributed by atoms with Crippen LogP contribution < -0.4 is 16.4 Å². The van der Waals surface area contributed by atoms with Crippen molar-refractivity contribution in [2.45, 2.75) is 19.5 Å². The second kappa shape index (κ2) is 6.25. The van der Waals surface area contributed by atoms with Crippen molar-refractivity contribution in [3.63, 3.8) is 0 Å². The molecule has 2 aromatic heterocycles. The Morgan fingerprint density at radius 1 is 1.55 bits per heavy atom. The first-order valence-corrected chi connectivity index (χ1v) is 6.29. The van der Waals surface area contributed by atoms with Crippen LogP contribution in [0.4, 0.5) is 11.8 Å². The van der Waals surface area contributed by atoms with Gasteiger partial charge in [-0.2, -0.15) is 4.98 Å². The Hall–Kier alpha value is -2.28. The largest absolute Gasteiger partial charge is 0.467 e. The molecule has 0 radical (unpaired) electrons. The van der Waals surface area contributed by atoms with Crippen LogP contribution in [-0.2, 0) is 11.3 Å². The number of furan rings is 1. The topological polar surface area (TPSA) is 106 Å². The molecule has 20 heavy (non-hydrogen) atoms. The number of aromatic nitrogens is 2. The lowest BCUT2D eigenvalue weighted by atomic mass is 10.3. The Kier molecular flexibility index (Phi) is 4.41. The molecule has 0 saturated carbocycles. The Morgan fingerprint density at radius 2 is 2.35 bits per heavy atom. The van der Waals surface area contributed by atoms with E-state index in [9.17, 15) is 4.79 Å². The number of halogens is 1. The lowest BCUT2D eigenvalue weighted by Crippen LogP contribution is -2.37. The molecular formula is C12H14ClN5O2. The van der Waals surface area contributed by atoms with Crippen LogP contribution in [0.1, 0.15) is 12.7 Å². The van der Waals surface area contributed by atoms with E-state index < -0.39 is 6.04 Å². The van der Waals surface area contributed by atoms with Gasteiger partial charge in [0.05, 0.1) is 12.8 Å². The molecule has 1 atom stereocenters. The van der Waals surface area contributed by atoms with Gasteiger partial charge in [-0.15, -0.1) is 0 Å². The molecule has 4 N–H and O–H groups in total. The fourth-order valence-corrected chi connectivity index (χ4v) is 1.73. The zero-order valence-corrected chi connectivity index (χ0v) is 11.5. The lowest BCUT2D eigenvalue weighted by Gasteiger charge is -2.14. The monoisotopic (exact) mass is 295 g/mol. The molecule has 0 aliphatic rings. The average molecular weight is 296 g/mol. The van der Waals surface area contributed by atoms with Gasteiger partial charge in [0.15, 0.2) is 0 Å². The zero-order valence-electron chi connectivity index (χ0n) is 10.8. The highest BCUT2D eigenvalue weighted by atomic mass is 35.5. The van der Waals surface area contributed by atoms with E-state index in [4.69, 9.17) is 21.8 Å². The Morgan fingerprint density at radius 3 is 3.00 bits per heavy atom. The first-order valence-electron chi connectivity index (χ1n) is 5.91. The van der Waals surface area contributed by atoms with Crippen LogP contribution >= 0.6 is 11.6 Å². The van der Waals surface area contributed by atoms with Gasteiger partial charge in [-0.25, -0.2) is 4.98 Å². The number of nitrogens with two attached hydrogens (primary N) is 1. The minimum Gasteiger partial charge on any atom is -0.467 e. The summed E-state index contributed by atoms with van der Waals surface area (Å²) < 4.78 is 5.12. The van der Waals surface area contributed by atoms with Gasteiger partial charge in [-0.1, -0.05) is 11.6 Å². The number of anilines is 2. The number of carbonyl (C=O) groups excluding carboxylic acids is 1. The van der Waals surface area contributed by atoms with Gasteiger partial charge in [0.1, 0.15) is 22.8 Å². The van der Waals surface area contributed by atoms with Gasteiger partial charge in [0.2, 0.25) is 11.9 Å². The van der Waals surface area contributed by atoms with Crippen LogP contribution in [0.2, 0.25) is 5.15 Å². The highest BCUT2D eigenvalue weighted by Gasteiger charge is 2.14. The SMILES string of the molecule is C[C@@H](Nc1cc(Cl)nc(N)n1)C(=O)NCc1ccco1. The van der Waals surface area contributed by atoms with Gasteiger partial charge in [-0.3, -0.25) is 4.79 Å². The summed E-state index contributed by atoms with van der Waals surface area (Å²) in [6.07, 6.45) is 1.55. The highest BCUT2D eigenvalue weighted by molar-refractivity contribution is 6.29. The number of carbonyl (C=O) groups is 1. The van der Waals surface area contributed by atoms with E-state index in [-0.39, 0.29) is 17.0 Å². The van der Waals surface area contributed by atoms with Crippen LogP contribution in [0.5, 0.6) is 0 Å². The Labute approximate surface area is 120 Å². The quantitative estimate of drug-likeness (QED) is 0.720. The third-order valence-electron chi connectivity index (χ3n) is 2.49. The molecule has 2 rings (SSSR count). The molecule has 8 heteroatoms. The fraction of sp³-hybridized carbons (Fsp3) is 0.250. The number of nitrogen functional groups attached to an aromatic ring is 1. The van der Waals surface area contributed by atoms with Crippen molar-refractivity contribution in [1.29, 1.82) is 0 Å². The predicted molar refractivity (Wildman–Crippen MR) is 75.1 cm³/mol. The number of amides is 1. The van der Waals surface area contributed by atoms with E-state index in [1.54, 1.807) is 25.3 Å². The summed E-state index contributed by atoms with van der Waals surface area (Å²) in [6.45, 7) is 2.02. The standard InChI is InChI=1S/C12H14ClN5O2/c1-7(11(19)15-6-8-3-2-4-20-8)16-10-5-9(13)17-12(14)18-10/h2-5,7H,6H2,1H3,(H,15,19)(H3,14,16,17,18)/t7-/m1/s1. The lowest BCUT2D eigenvalue weighted by molar-refractivity contribution is -0.121. The van der Waals surface area contributed by atoms with Crippen LogP contribution in [0.25, 0.3) is 0 Å². The molecule has 1 amide bonds. The average Bonchev–Trinajstić information content (AvgIpc) is 2.87. The summed E-state index contributed by atoms with van der Waals surface area (Å²) in [5.74, 6) is 0.918. The number of nitrogens with zero attached hydrogens (tertiary/aromatic N) is 2. The smallest absolute Gasteiger partial charge is 0.242 e. The molecule has 0 saturated heterocycles. The number of rotatable bonds is 5. The fourth-order valence-electron chi connectivity index (χ4n) is 1.54. The highest BCUT2D eigenvalue weighted by Crippen LogP contribution is 2.13. The first-order chi connectivity index (χ1) is 9.54. The van der Waals surface area contributed by atoms with Crippen molar-refractivity contribution in [3.8, 4) is 0 Å². The summed E-state index contributed by atoms with van der Waals surface area (Å²) in [5, 5.41) is 5.84. The van der Waals surface area contributed by atoms with Crippen LogP contribution in [-0.4, -0.2) is 21.9 Å². The van der Waals surface area contributed by atoms with Gasteiger partial charge in [-0.05, 0) is 19.1 Å². The summed E-state index contributed by atoms with van der Waals surface area (Å²) in [6, 6.07) is 4.53. The third kappa shape index (κ3) is 3.86. The van der Waals surface area contributed by atoms with Crippen molar-refractivity contribution in [2.75, 3.05) is 11.1 Å². The zero-order chi connectivity index (χ0) is 14.5. The van der Waals surface area contributed by atoms with Crippen molar-refractivity contribution in [3.05, 3.63) is 35.4 Å². The molecule has 0 spiro atoms. The molecule has 0 bridgehead atoms. The normalized spacial score (nSPS) is 11.9. The summed E-state index contributed by atoms with van der Waals surface area (Å²) in [5.41, 5.74) is 5.47. The number of nitrogens with one attached hydrogen (secondary N) is 2. The first kappa shape index (κ1) is 14.1. The molecule has 0 aliphatic heterocycles. The van der Waals surface area contributed by atoms with Crippen LogP contribution in [0.15, 0.2) is 28.9 Å². The number of hydrogen-bond donors (Lipinski definition) is 3. The van der Waals surface area contributed by atoms with E-state index >= 15 is 0 Å². The third-order valence-corrected chi connectivity index (χ3v) is 2.68. The molecule has 7 nitrogen and oxygen atoms in total. The van der Waals surface area contributed by atoms with Crippen molar-refractivity contribution < 1.29 is 9.21 Å². The maximum atomic E-state index is 11.9. The Balaban J connectivity index is 1.90. The van der Waals surface area contributed by atoms with Gasteiger partial charge >= 0.3 is 0 Å². The second-order valence-corrected chi connectivity index (χ2v) is 4.48. The van der Waals surface area contributed by atoms with E-state index in [0.29, 0.717) is 18.1 Å². The summed E-state index contributed by atoms with van der Waals surface area (Å²) in [4.78, 5) is 19.6. The molecule has 0 unspecified atom stereocenters. The summed E-state index contributed by atoms with van der Waals surface area (Å²) >= 11 is 5.76. The second-order valence-electron chi connectivity index (χ2n) is 4.10. The minimum absolute atomic E-state index is 0.0446. The maximum Gasteiger partial charge on any atom is 0.242 e. The molecule has 0 aromatic carbocycles. The van der Waals surface area contributed by atoms with Gasteiger partial charge < -0.3 is 20.8 Å². The van der Waals surface area contributed by atoms with E-state index in [1.807, 2.05) is 0 Å². The van der Waals surface area contributed by atoms with E-state index in [0.717, 1.165) is 0 Å². The van der Waals surface area contributed by atoms with E-state index in [2.05, 4.69) is 20.6 Å². The Bertz CT molecular complexity index is 567. The van der Waals surface area contributed by atoms with Gasteiger partial charge in [0, 0.05) is 6.07 Å². The number of hydrogen-bond acceptors (Lipinski definition) is 6. The molecule has 106 valence electrons. The predicted octanol–water partition coefficient (Wildman–Crippen LogP) is 1.42. The molecule has 2 aromatic rings. The van der Waals surface area contributed by atoms with Crippen LogP contribution in [0, 0.1) is 0 Å². The summed E-state index contributed by atoms with van der Waals surface area (Å²) in [7, 11) is 0.